The standard InChI is InChI=1S/C25H29N3O2S/c1-18(2)17-25(30)12-15-28(16-13-25)24(29)20-8-10-21(11-9-20)27-31-22-7-3-5-19-6-4-14-26-23(19)22/h3-11,14,18,27,30H,12-13,15-17H2,1-2H3. The van der Waals surface area contributed by atoms with Crippen LogP contribution in [-0.2, 0) is 0 Å². The van der Waals surface area contributed by atoms with Crippen molar-refractivity contribution in [2.45, 2.75) is 43.6 Å². The van der Waals surface area contributed by atoms with Crippen LogP contribution in [0.5, 0.6) is 0 Å². The molecule has 0 spiro atoms. The van der Waals surface area contributed by atoms with E-state index in [4.69, 9.17) is 0 Å². The molecule has 2 heterocycles. The molecule has 2 aromatic carbocycles. The first-order valence-electron chi connectivity index (χ1n) is 10.8. The van der Waals surface area contributed by atoms with Crippen LogP contribution in [0.4, 0.5) is 5.69 Å². The molecule has 162 valence electrons. The number of nitrogens with zero attached hydrogens (tertiary/aromatic N) is 2. The number of carbonyl (C=O) groups excluding carboxylic acids is 1. The molecule has 3 aromatic rings. The maximum Gasteiger partial charge on any atom is 0.253 e. The lowest BCUT2D eigenvalue weighted by Crippen LogP contribution is -2.47. The summed E-state index contributed by atoms with van der Waals surface area (Å²) in [6.45, 7) is 5.46. The van der Waals surface area contributed by atoms with Crippen LogP contribution in [0, 0.1) is 5.92 Å². The number of para-hydroxylation sites is 1. The summed E-state index contributed by atoms with van der Waals surface area (Å²) in [7, 11) is 0. The molecule has 0 radical (unpaired) electrons. The van der Waals surface area contributed by atoms with Gasteiger partial charge in [-0.3, -0.25) is 9.78 Å². The number of likely N-dealkylation sites (tertiary alicyclic amines) is 1. The van der Waals surface area contributed by atoms with E-state index in [0.29, 0.717) is 37.4 Å². The number of amides is 1. The number of anilines is 1. The van der Waals surface area contributed by atoms with Crippen molar-refractivity contribution in [3.63, 3.8) is 0 Å². The number of aliphatic hydroxyl groups is 1. The molecule has 0 atom stereocenters. The fourth-order valence-electron chi connectivity index (χ4n) is 4.23. The van der Waals surface area contributed by atoms with Crippen molar-refractivity contribution in [2.75, 3.05) is 17.8 Å². The van der Waals surface area contributed by atoms with Crippen LogP contribution < -0.4 is 4.72 Å². The van der Waals surface area contributed by atoms with E-state index in [1.807, 2.05) is 47.4 Å². The van der Waals surface area contributed by atoms with Crippen molar-refractivity contribution in [3.05, 3.63) is 66.4 Å². The minimum Gasteiger partial charge on any atom is -0.390 e. The average Bonchev–Trinajstić information content (AvgIpc) is 2.77. The second kappa shape index (κ2) is 9.28. The number of carbonyl (C=O) groups is 1. The van der Waals surface area contributed by atoms with Gasteiger partial charge in [0.25, 0.3) is 5.91 Å². The smallest absolute Gasteiger partial charge is 0.253 e. The molecule has 0 bridgehead atoms. The molecule has 0 saturated carbocycles. The third-order valence-corrected chi connectivity index (χ3v) is 6.66. The van der Waals surface area contributed by atoms with Gasteiger partial charge < -0.3 is 14.7 Å². The highest BCUT2D eigenvalue weighted by Gasteiger charge is 2.34. The Kier molecular flexibility index (Phi) is 6.49. The predicted octanol–water partition coefficient (Wildman–Crippen LogP) is 5.37. The first-order chi connectivity index (χ1) is 14.9. The Morgan fingerprint density at radius 2 is 1.84 bits per heavy atom. The van der Waals surface area contributed by atoms with Gasteiger partial charge in [-0.1, -0.05) is 32.0 Å². The zero-order chi connectivity index (χ0) is 21.8. The number of benzene rings is 2. The summed E-state index contributed by atoms with van der Waals surface area (Å²) < 4.78 is 3.35. The van der Waals surface area contributed by atoms with Crippen LogP contribution in [-0.4, -0.2) is 39.6 Å². The number of pyridine rings is 1. The molecule has 6 heteroatoms. The van der Waals surface area contributed by atoms with E-state index in [1.54, 1.807) is 6.20 Å². The summed E-state index contributed by atoms with van der Waals surface area (Å²) in [6.07, 6.45) is 3.88. The van der Waals surface area contributed by atoms with Gasteiger partial charge in [0.2, 0.25) is 0 Å². The van der Waals surface area contributed by atoms with E-state index in [9.17, 15) is 9.90 Å². The summed E-state index contributed by atoms with van der Waals surface area (Å²) in [6, 6.07) is 17.7. The Morgan fingerprint density at radius 3 is 2.55 bits per heavy atom. The van der Waals surface area contributed by atoms with Gasteiger partial charge in [-0.05, 0) is 73.5 Å². The summed E-state index contributed by atoms with van der Waals surface area (Å²) in [4.78, 5) is 20.3. The van der Waals surface area contributed by atoms with Crippen molar-refractivity contribution in [2.24, 2.45) is 5.92 Å². The Hall–Kier alpha value is -2.57. The monoisotopic (exact) mass is 435 g/mol. The van der Waals surface area contributed by atoms with E-state index in [1.165, 1.54) is 11.9 Å². The second-order valence-electron chi connectivity index (χ2n) is 8.73. The number of piperidine rings is 1. The lowest BCUT2D eigenvalue weighted by Gasteiger charge is -2.39. The van der Waals surface area contributed by atoms with Crippen molar-refractivity contribution in [1.82, 2.24) is 9.88 Å². The largest absolute Gasteiger partial charge is 0.390 e. The Morgan fingerprint density at radius 1 is 1.13 bits per heavy atom. The average molecular weight is 436 g/mol. The molecule has 0 aliphatic carbocycles. The Bertz CT molecular complexity index is 1040. The maximum absolute atomic E-state index is 12.9. The van der Waals surface area contributed by atoms with Crippen LogP contribution in [0.25, 0.3) is 10.9 Å². The highest BCUT2D eigenvalue weighted by Crippen LogP contribution is 2.30. The molecule has 5 nitrogen and oxygen atoms in total. The van der Waals surface area contributed by atoms with Gasteiger partial charge in [-0.2, -0.15) is 0 Å². The fourth-order valence-corrected chi connectivity index (χ4v) is 5.00. The van der Waals surface area contributed by atoms with Crippen molar-refractivity contribution >= 4 is 34.4 Å². The molecular formula is C25H29N3O2S. The van der Waals surface area contributed by atoms with E-state index >= 15 is 0 Å². The van der Waals surface area contributed by atoms with Gasteiger partial charge in [-0.15, -0.1) is 0 Å². The SMILES string of the molecule is CC(C)CC1(O)CCN(C(=O)c2ccc(NSc3cccc4cccnc34)cc2)CC1. The minimum atomic E-state index is -0.633. The van der Waals surface area contributed by atoms with E-state index in [0.717, 1.165) is 27.9 Å². The molecular weight excluding hydrogens is 406 g/mol. The topological polar surface area (TPSA) is 65.5 Å². The number of hydrogen-bond donors (Lipinski definition) is 2. The molecule has 4 rings (SSSR count). The van der Waals surface area contributed by atoms with Crippen LogP contribution in [0.15, 0.2) is 65.7 Å². The highest BCUT2D eigenvalue weighted by molar-refractivity contribution is 8.00. The van der Waals surface area contributed by atoms with Gasteiger partial charge in [-0.25, -0.2) is 0 Å². The molecule has 1 aliphatic heterocycles. The molecule has 1 aliphatic rings. The highest BCUT2D eigenvalue weighted by atomic mass is 32.2. The molecule has 31 heavy (non-hydrogen) atoms. The zero-order valence-electron chi connectivity index (χ0n) is 18.0. The van der Waals surface area contributed by atoms with Crippen LogP contribution in [0.1, 0.15) is 43.5 Å². The van der Waals surface area contributed by atoms with Crippen LogP contribution in [0.2, 0.25) is 0 Å². The third kappa shape index (κ3) is 5.20. The summed E-state index contributed by atoms with van der Waals surface area (Å²) in [5, 5.41) is 11.8. The molecule has 1 amide bonds. The summed E-state index contributed by atoms with van der Waals surface area (Å²) in [5.74, 6) is 0.485. The van der Waals surface area contributed by atoms with Crippen LogP contribution in [0.3, 0.4) is 0 Å². The lowest BCUT2D eigenvalue weighted by molar-refractivity contribution is -0.0311. The minimum absolute atomic E-state index is 0.0315. The lowest BCUT2D eigenvalue weighted by atomic mass is 9.84. The fraction of sp³-hybridized carbons (Fsp3) is 0.360. The molecule has 0 unspecified atom stereocenters. The van der Waals surface area contributed by atoms with Gasteiger partial charge >= 0.3 is 0 Å². The molecule has 1 fully saturated rings. The van der Waals surface area contributed by atoms with E-state index in [-0.39, 0.29) is 5.91 Å². The predicted molar refractivity (Wildman–Crippen MR) is 127 cm³/mol. The zero-order valence-corrected chi connectivity index (χ0v) is 18.9. The summed E-state index contributed by atoms with van der Waals surface area (Å²) >= 11 is 1.51. The Balaban J connectivity index is 1.35. The normalized spacial score (nSPS) is 15.9. The first kappa shape index (κ1) is 21.7. The molecule has 1 saturated heterocycles. The van der Waals surface area contributed by atoms with Crippen molar-refractivity contribution < 1.29 is 9.90 Å². The third-order valence-electron chi connectivity index (χ3n) is 5.78. The van der Waals surface area contributed by atoms with Gasteiger partial charge in [0.15, 0.2) is 0 Å². The molecule has 2 N–H and O–H groups in total. The second-order valence-corrected chi connectivity index (χ2v) is 9.58. The van der Waals surface area contributed by atoms with Crippen molar-refractivity contribution in [1.29, 1.82) is 0 Å². The maximum atomic E-state index is 12.9. The van der Waals surface area contributed by atoms with Gasteiger partial charge in [0, 0.05) is 35.9 Å². The quantitative estimate of drug-likeness (QED) is 0.510. The van der Waals surface area contributed by atoms with Gasteiger partial charge in [0.1, 0.15) is 0 Å². The first-order valence-corrected chi connectivity index (χ1v) is 11.6. The number of nitrogens with one attached hydrogen (secondary N) is 1. The number of hydrogen-bond acceptors (Lipinski definition) is 5. The van der Waals surface area contributed by atoms with Crippen LogP contribution >= 0.6 is 11.9 Å². The number of rotatable bonds is 6. The number of fused-ring (bicyclic) bond motifs is 1. The van der Waals surface area contributed by atoms with E-state index in [2.05, 4.69) is 35.7 Å². The van der Waals surface area contributed by atoms with E-state index < -0.39 is 5.60 Å². The number of aromatic nitrogens is 1. The van der Waals surface area contributed by atoms with Gasteiger partial charge in [0.05, 0.1) is 16.0 Å². The summed E-state index contributed by atoms with van der Waals surface area (Å²) in [5.41, 5.74) is 1.94. The molecule has 1 aromatic heterocycles. The van der Waals surface area contributed by atoms with Crippen molar-refractivity contribution in [3.8, 4) is 0 Å². The Labute approximate surface area is 188 Å².